The number of hydrogen-bond acceptors (Lipinski definition) is 5. The second-order valence-corrected chi connectivity index (χ2v) is 6.73. The van der Waals surface area contributed by atoms with Crippen LogP contribution in [0.1, 0.15) is 25.7 Å². The van der Waals surface area contributed by atoms with Gasteiger partial charge < -0.3 is 15.2 Å². The normalized spacial score (nSPS) is 10.6. The van der Waals surface area contributed by atoms with Crippen LogP contribution in [0.5, 0.6) is 0 Å². The van der Waals surface area contributed by atoms with E-state index in [-0.39, 0.29) is 24.1 Å². The van der Waals surface area contributed by atoms with Crippen LogP contribution in [0.3, 0.4) is 0 Å². The maximum atomic E-state index is 13.0. The predicted octanol–water partition coefficient (Wildman–Crippen LogP) is 4.45. The van der Waals surface area contributed by atoms with E-state index in [9.17, 15) is 14.0 Å². The summed E-state index contributed by atoms with van der Waals surface area (Å²) in [6.45, 7) is 1.38. The van der Waals surface area contributed by atoms with E-state index in [1.807, 2.05) is 0 Å². The molecule has 3 rings (SSSR count). The van der Waals surface area contributed by atoms with Gasteiger partial charge in [0.1, 0.15) is 5.82 Å². The number of halogens is 2. The zero-order valence-electron chi connectivity index (χ0n) is 15.5. The first-order chi connectivity index (χ1) is 13.9. The fraction of sp³-hybridized carbons (Fsp3) is 0.200. The Bertz CT molecular complexity index is 1020. The molecule has 2 N–H and O–H groups in total. The number of rotatable bonds is 7. The SMILES string of the molecule is CC(=O)Nc1ccc(Cl)cc1NC(=O)CCCc1nc(-c2ccc(F)cc2)no1. The molecule has 0 bridgehead atoms. The predicted molar refractivity (Wildman–Crippen MR) is 107 cm³/mol. The molecule has 0 saturated heterocycles. The number of hydrogen-bond donors (Lipinski definition) is 2. The Kier molecular flexibility index (Phi) is 6.56. The summed E-state index contributed by atoms with van der Waals surface area (Å²) < 4.78 is 18.2. The Morgan fingerprint density at radius 3 is 2.59 bits per heavy atom. The number of carbonyl (C=O) groups is 2. The van der Waals surface area contributed by atoms with Crippen molar-refractivity contribution < 1.29 is 18.5 Å². The topological polar surface area (TPSA) is 97.1 Å². The first-order valence-corrected chi connectivity index (χ1v) is 9.24. The number of nitrogens with one attached hydrogen (secondary N) is 2. The van der Waals surface area contributed by atoms with Gasteiger partial charge in [0, 0.05) is 30.4 Å². The largest absolute Gasteiger partial charge is 0.339 e. The van der Waals surface area contributed by atoms with Crippen LogP contribution in [0.4, 0.5) is 15.8 Å². The van der Waals surface area contributed by atoms with E-state index in [0.717, 1.165) is 0 Å². The number of anilines is 2. The lowest BCUT2D eigenvalue weighted by Crippen LogP contribution is -2.15. The van der Waals surface area contributed by atoms with Crippen LogP contribution in [0.2, 0.25) is 5.02 Å². The molecule has 0 aliphatic carbocycles. The summed E-state index contributed by atoms with van der Waals surface area (Å²) in [7, 11) is 0. The zero-order valence-corrected chi connectivity index (χ0v) is 16.3. The molecule has 7 nitrogen and oxygen atoms in total. The Morgan fingerprint density at radius 1 is 1.10 bits per heavy atom. The molecule has 29 heavy (non-hydrogen) atoms. The van der Waals surface area contributed by atoms with Crippen molar-refractivity contribution in [2.45, 2.75) is 26.2 Å². The fourth-order valence-electron chi connectivity index (χ4n) is 2.60. The van der Waals surface area contributed by atoms with Gasteiger partial charge >= 0.3 is 0 Å². The standard InChI is InChI=1S/C20H18ClFN4O3/c1-12(27)23-16-10-7-14(21)11-17(16)24-18(28)3-2-4-19-25-20(26-29-19)13-5-8-15(22)9-6-13/h5-11H,2-4H2,1H3,(H,23,27)(H,24,28). The van der Waals surface area contributed by atoms with Crippen LogP contribution in [0.25, 0.3) is 11.4 Å². The Labute approximate surface area is 171 Å². The lowest BCUT2D eigenvalue weighted by molar-refractivity contribution is -0.116. The number of aryl methyl sites for hydroxylation is 1. The highest BCUT2D eigenvalue weighted by Gasteiger charge is 2.12. The highest BCUT2D eigenvalue weighted by Crippen LogP contribution is 2.26. The lowest BCUT2D eigenvalue weighted by Gasteiger charge is -2.11. The van der Waals surface area contributed by atoms with Gasteiger partial charge in [-0.05, 0) is 48.9 Å². The molecular weight excluding hydrogens is 399 g/mol. The molecule has 0 aliphatic rings. The summed E-state index contributed by atoms with van der Waals surface area (Å²) in [4.78, 5) is 27.8. The summed E-state index contributed by atoms with van der Waals surface area (Å²) in [5.74, 6) is -0.0831. The minimum absolute atomic E-state index is 0.209. The summed E-state index contributed by atoms with van der Waals surface area (Å²) in [6, 6.07) is 10.6. The summed E-state index contributed by atoms with van der Waals surface area (Å²) in [6.07, 6.45) is 1.10. The van der Waals surface area contributed by atoms with Crippen molar-refractivity contribution >= 4 is 34.8 Å². The second-order valence-electron chi connectivity index (χ2n) is 6.29. The third-order valence-corrected chi connectivity index (χ3v) is 4.17. The summed E-state index contributed by atoms with van der Waals surface area (Å²) in [5, 5.41) is 9.68. The first kappa shape index (κ1) is 20.5. The van der Waals surface area contributed by atoms with Crippen molar-refractivity contribution in [3.63, 3.8) is 0 Å². The van der Waals surface area contributed by atoms with Crippen molar-refractivity contribution in [1.29, 1.82) is 0 Å². The highest BCUT2D eigenvalue weighted by atomic mass is 35.5. The number of carbonyl (C=O) groups excluding carboxylic acids is 2. The molecule has 0 aliphatic heterocycles. The zero-order chi connectivity index (χ0) is 20.8. The van der Waals surface area contributed by atoms with Gasteiger partial charge in [-0.25, -0.2) is 4.39 Å². The maximum Gasteiger partial charge on any atom is 0.226 e. The Balaban J connectivity index is 1.54. The average Bonchev–Trinajstić information content (AvgIpc) is 3.13. The van der Waals surface area contributed by atoms with Gasteiger partial charge in [-0.1, -0.05) is 16.8 Å². The van der Waals surface area contributed by atoms with Gasteiger partial charge in [-0.15, -0.1) is 0 Å². The summed E-state index contributed by atoms with van der Waals surface area (Å²) >= 11 is 5.97. The van der Waals surface area contributed by atoms with Crippen LogP contribution in [0, 0.1) is 5.82 Å². The lowest BCUT2D eigenvalue weighted by atomic mass is 10.2. The molecule has 0 radical (unpaired) electrons. The molecule has 2 aromatic carbocycles. The molecule has 0 fully saturated rings. The van der Waals surface area contributed by atoms with Crippen LogP contribution >= 0.6 is 11.6 Å². The molecular formula is C20H18ClFN4O3. The Morgan fingerprint density at radius 2 is 1.86 bits per heavy atom. The minimum atomic E-state index is -0.343. The molecule has 1 aromatic heterocycles. The molecule has 9 heteroatoms. The third-order valence-electron chi connectivity index (χ3n) is 3.93. The molecule has 2 amide bonds. The van der Waals surface area contributed by atoms with Crippen LogP contribution in [-0.4, -0.2) is 22.0 Å². The molecule has 3 aromatic rings. The van der Waals surface area contributed by atoms with Crippen molar-refractivity contribution in [3.05, 3.63) is 59.2 Å². The maximum absolute atomic E-state index is 13.0. The van der Waals surface area contributed by atoms with Crippen molar-refractivity contribution in [2.24, 2.45) is 0 Å². The van der Waals surface area contributed by atoms with Crippen molar-refractivity contribution in [3.8, 4) is 11.4 Å². The van der Waals surface area contributed by atoms with E-state index >= 15 is 0 Å². The average molecular weight is 417 g/mol. The van der Waals surface area contributed by atoms with E-state index < -0.39 is 0 Å². The van der Waals surface area contributed by atoms with E-state index in [4.69, 9.17) is 16.1 Å². The van der Waals surface area contributed by atoms with Gasteiger partial charge in [-0.2, -0.15) is 4.98 Å². The number of amides is 2. The van der Waals surface area contributed by atoms with Crippen molar-refractivity contribution in [1.82, 2.24) is 10.1 Å². The minimum Gasteiger partial charge on any atom is -0.339 e. The van der Waals surface area contributed by atoms with Crippen molar-refractivity contribution in [2.75, 3.05) is 10.6 Å². The molecule has 150 valence electrons. The van der Waals surface area contributed by atoms with Gasteiger partial charge in [0.15, 0.2) is 0 Å². The fourth-order valence-corrected chi connectivity index (χ4v) is 2.78. The van der Waals surface area contributed by atoms with E-state index in [0.29, 0.717) is 46.5 Å². The number of nitrogens with zero attached hydrogens (tertiary/aromatic N) is 2. The quantitative estimate of drug-likeness (QED) is 0.593. The number of benzene rings is 2. The monoisotopic (exact) mass is 416 g/mol. The van der Waals surface area contributed by atoms with Gasteiger partial charge in [0.05, 0.1) is 11.4 Å². The molecule has 0 atom stereocenters. The Hall–Kier alpha value is -3.26. The van der Waals surface area contributed by atoms with Gasteiger partial charge in [-0.3, -0.25) is 9.59 Å². The molecule has 1 heterocycles. The van der Waals surface area contributed by atoms with Crippen LogP contribution in [0.15, 0.2) is 47.0 Å². The summed E-state index contributed by atoms with van der Waals surface area (Å²) in [5.41, 5.74) is 1.54. The van der Waals surface area contributed by atoms with Gasteiger partial charge in [0.2, 0.25) is 23.5 Å². The highest BCUT2D eigenvalue weighted by molar-refractivity contribution is 6.31. The first-order valence-electron chi connectivity index (χ1n) is 8.86. The third kappa shape index (κ3) is 5.86. The van der Waals surface area contributed by atoms with Crippen LogP contribution in [-0.2, 0) is 16.0 Å². The molecule has 0 unspecified atom stereocenters. The smallest absolute Gasteiger partial charge is 0.226 e. The van der Waals surface area contributed by atoms with E-state index in [2.05, 4.69) is 20.8 Å². The van der Waals surface area contributed by atoms with E-state index in [1.54, 1.807) is 30.3 Å². The molecule has 0 spiro atoms. The van der Waals surface area contributed by atoms with Gasteiger partial charge in [0.25, 0.3) is 0 Å². The van der Waals surface area contributed by atoms with Crippen LogP contribution < -0.4 is 10.6 Å². The van der Waals surface area contributed by atoms with E-state index in [1.165, 1.54) is 19.1 Å². The molecule has 0 saturated carbocycles. The number of aromatic nitrogens is 2. The second kappa shape index (κ2) is 9.29.